The van der Waals surface area contributed by atoms with Gasteiger partial charge in [0, 0.05) is 7.11 Å². The Morgan fingerprint density at radius 2 is 2.60 bits per heavy atom. The van der Waals surface area contributed by atoms with Gasteiger partial charge in [0.25, 0.3) is 0 Å². The topological polar surface area (TPSA) is 9.23 Å². The van der Waals surface area contributed by atoms with E-state index in [0.29, 0.717) is 0 Å². The van der Waals surface area contributed by atoms with E-state index in [1.54, 1.807) is 16.0 Å². The average molecular weight is 204 g/mol. The van der Waals surface area contributed by atoms with Crippen LogP contribution in [0.3, 0.4) is 0 Å². The summed E-state index contributed by atoms with van der Waals surface area (Å²) in [6, 6.07) is 0. The first kappa shape index (κ1) is 6.04. The zero-order chi connectivity index (χ0) is 4.12. The van der Waals surface area contributed by atoms with E-state index in [2.05, 4.69) is 25.9 Å². The lowest BCUT2D eigenvalue weighted by Gasteiger charge is -1.82. The molecule has 0 aliphatic carbocycles. The van der Waals surface area contributed by atoms with E-state index in [1.807, 2.05) is 0 Å². The third-order valence-corrected chi connectivity index (χ3v) is 1.25. The van der Waals surface area contributed by atoms with Crippen LogP contribution in [0, 0.1) is 0 Å². The van der Waals surface area contributed by atoms with Gasteiger partial charge >= 0.3 is 0 Å². The second-order valence-corrected chi connectivity index (χ2v) is 2.84. The molecule has 0 fully saturated rings. The molecule has 0 atom stereocenters. The van der Waals surface area contributed by atoms with Crippen molar-refractivity contribution in [1.29, 1.82) is 0 Å². The monoisotopic (exact) mass is 204 g/mol. The molecular formula is C2H5IOS. The van der Waals surface area contributed by atoms with Gasteiger partial charge in [-0.3, -0.25) is 0 Å². The van der Waals surface area contributed by atoms with E-state index in [1.165, 1.54) is 0 Å². The summed E-state index contributed by atoms with van der Waals surface area (Å²) in [6.45, 7) is 0. The molecule has 0 amide bonds. The number of methoxy groups -OCH3 is 1. The van der Waals surface area contributed by atoms with Crippen LogP contribution in [-0.2, 0) is 4.74 Å². The number of halogens is 1. The normalized spacial score (nSPS) is 8.40. The fraction of sp³-hybridized carbons (Fsp3) is 1.00. The molecule has 0 aromatic heterocycles. The van der Waals surface area contributed by atoms with Crippen molar-refractivity contribution in [2.75, 3.05) is 13.0 Å². The second kappa shape index (κ2) is 5.04. The minimum absolute atomic E-state index is 0.792. The molecule has 0 spiro atoms. The first-order valence-corrected chi connectivity index (χ1v) is 4.67. The number of rotatable bonds is 2. The van der Waals surface area contributed by atoms with Crippen LogP contribution < -0.4 is 0 Å². The van der Waals surface area contributed by atoms with Crippen LogP contribution >= 0.6 is 30.1 Å². The summed E-state index contributed by atoms with van der Waals surface area (Å²) in [5.41, 5.74) is 0. The molecule has 0 aliphatic rings. The fourth-order valence-electron chi connectivity index (χ4n) is 0.0445. The van der Waals surface area contributed by atoms with Crippen molar-refractivity contribution in [3.8, 4) is 0 Å². The van der Waals surface area contributed by atoms with Crippen LogP contribution in [0.2, 0.25) is 0 Å². The molecular weight excluding hydrogens is 199 g/mol. The average Bonchev–Trinajstić information content (AvgIpc) is 1.41. The Hall–Kier alpha value is 1.04. The van der Waals surface area contributed by atoms with Gasteiger partial charge in [-0.05, 0) is 21.2 Å². The van der Waals surface area contributed by atoms with E-state index < -0.39 is 0 Å². The molecule has 0 bridgehead atoms. The molecule has 0 aromatic rings. The molecule has 5 heavy (non-hydrogen) atoms. The van der Waals surface area contributed by atoms with Gasteiger partial charge in [0.1, 0.15) is 5.94 Å². The van der Waals surface area contributed by atoms with Crippen LogP contribution in [0.4, 0.5) is 0 Å². The Balaban J connectivity index is 2.19. The Labute approximate surface area is 48.0 Å². The quantitative estimate of drug-likeness (QED) is 0.499. The third-order valence-electron chi connectivity index (χ3n) is 0.162. The van der Waals surface area contributed by atoms with Crippen molar-refractivity contribution >= 4 is 30.1 Å². The third kappa shape index (κ3) is 5.04. The van der Waals surface area contributed by atoms with E-state index >= 15 is 0 Å². The minimum Gasteiger partial charge on any atom is -0.373 e. The molecule has 0 N–H and O–H groups in total. The Bertz CT molecular complexity index is 17.1. The SMILES string of the molecule is COCSI. The van der Waals surface area contributed by atoms with Crippen molar-refractivity contribution < 1.29 is 4.74 Å². The highest BCUT2D eigenvalue weighted by Gasteiger charge is 1.68. The number of hydrogen-bond acceptors (Lipinski definition) is 2. The van der Waals surface area contributed by atoms with Gasteiger partial charge in [0.05, 0.1) is 0 Å². The smallest absolute Gasteiger partial charge is 0.101 e. The Kier molecular flexibility index (Phi) is 6.09. The van der Waals surface area contributed by atoms with E-state index in [0.717, 1.165) is 5.94 Å². The second-order valence-electron chi connectivity index (χ2n) is 0.516. The van der Waals surface area contributed by atoms with Crippen molar-refractivity contribution in [3.05, 3.63) is 0 Å². The van der Waals surface area contributed by atoms with Crippen LogP contribution in [0.1, 0.15) is 0 Å². The van der Waals surface area contributed by atoms with Crippen molar-refractivity contribution in [3.63, 3.8) is 0 Å². The fourth-order valence-corrected chi connectivity index (χ4v) is 0.896. The molecule has 0 radical (unpaired) electrons. The summed E-state index contributed by atoms with van der Waals surface area (Å²) in [6.07, 6.45) is 0. The maximum Gasteiger partial charge on any atom is 0.101 e. The summed E-state index contributed by atoms with van der Waals surface area (Å²) in [5, 5.41) is 0. The molecule has 1 nitrogen and oxygen atoms in total. The van der Waals surface area contributed by atoms with Gasteiger partial charge in [-0.2, -0.15) is 0 Å². The summed E-state index contributed by atoms with van der Waals surface area (Å²) >= 11 is 2.18. The Morgan fingerprint density at radius 1 is 2.00 bits per heavy atom. The highest BCUT2D eigenvalue weighted by Crippen LogP contribution is 2.08. The van der Waals surface area contributed by atoms with Crippen molar-refractivity contribution in [2.24, 2.45) is 0 Å². The molecule has 0 saturated heterocycles. The van der Waals surface area contributed by atoms with Gasteiger partial charge in [-0.15, -0.1) is 0 Å². The summed E-state index contributed by atoms with van der Waals surface area (Å²) in [5.74, 6) is 0.792. The summed E-state index contributed by atoms with van der Waals surface area (Å²) < 4.78 is 4.65. The zero-order valence-corrected chi connectivity index (χ0v) is 5.88. The Morgan fingerprint density at radius 3 is 2.60 bits per heavy atom. The molecule has 32 valence electrons. The highest BCUT2D eigenvalue weighted by atomic mass is 127. The van der Waals surface area contributed by atoms with E-state index in [-0.39, 0.29) is 0 Å². The predicted molar refractivity (Wildman–Crippen MR) is 33.5 cm³/mol. The lowest BCUT2D eigenvalue weighted by atomic mass is 11.5. The molecule has 0 aliphatic heterocycles. The predicted octanol–water partition coefficient (Wildman–Crippen LogP) is 1.67. The number of hydrogen-bond donors (Lipinski definition) is 0. The van der Waals surface area contributed by atoms with Gasteiger partial charge in [0.15, 0.2) is 0 Å². The highest BCUT2D eigenvalue weighted by molar-refractivity contribution is 14.2. The van der Waals surface area contributed by atoms with Crippen LogP contribution in [-0.4, -0.2) is 13.0 Å². The van der Waals surface area contributed by atoms with Gasteiger partial charge in [-0.1, -0.05) is 8.93 Å². The number of ether oxygens (including phenoxy) is 1. The van der Waals surface area contributed by atoms with E-state index in [4.69, 9.17) is 0 Å². The minimum atomic E-state index is 0.792. The van der Waals surface area contributed by atoms with Gasteiger partial charge < -0.3 is 4.74 Å². The molecule has 0 aromatic carbocycles. The van der Waals surface area contributed by atoms with E-state index in [9.17, 15) is 0 Å². The van der Waals surface area contributed by atoms with Crippen molar-refractivity contribution in [1.82, 2.24) is 0 Å². The molecule has 0 rings (SSSR count). The molecule has 0 unspecified atom stereocenters. The largest absolute Gasteiger partial charge is 0.373 e. The zero-order valence-electron chi connectivity index (χ0n) is 2.90. The first-order chi connectivity index (χ1) is 2.41. The first-order valence-electron chi connectivity index (χ1n) is 1.14. The summed E-state index contributed by atoms with van der Waals surface area (Å²) in [7, 11) is 3.34. The van der Waals surface area contributed by atoms with Crippen LogP contribution in [0.15, 0.2) is 0 Å². The van der Waals surface area contributed by atoms with Gasteiger partial charge in [-0.25, -0.2) is 0 Å². The lowest BCUT2D eigenvalue weighted by molar-refractivity contribution is 0.260. The maximum atomic E-state index is 4.65. The standard InChI is InChI=1S/C2H5IOS/c1-4-2-5-3/h2H2,1H3. The van der Waals surface area contributed by atoms with Gasteiger partial charge in [0.2, 0.25) is 0 Å². The lowest BCUT2D eigenvalue weighted by Crippen LogP contribution is -1.72. The van der Waals surface area contributed by atoms with Crippen LogP contribution in [0.25, 0.3) is 0 Å². The molecule has 0 saturated carbocycles. The summed E-state index contributed by atoms with van der Waals surface area (Å²) in [4.78, 5) is 0. The van der Waals surface area contributed by atoms with Crippen LogP contribution in [0.5, 0.6) is 0 Å². The van der Waals surface area contributed by atoms with Crippen molar-refractivity contribution in [2.45, 2.75) is 0 Å². The molecule has 0 heterocycles. The maximum absolute atomic E-state index is 4.65. The molecule has 3 heteroatoms.